The van der Waals surface area contributed by atoms with E-state index in [1.165, 1.54) is 20.7 Å². The van der Waals surface area contributed by atoms with Crippen LogP contribution in [0.2, 0.25) is 0 Å². The van der Waals surface area contributed by atoms with Gasteiger partial charge >= 0.3 is 0 Å². The quantitative estimate of drug-likeness (QED) is 0.694. The standard InChI is InChI=1S/C15H14O2S/c1-10-3-5-13(18-10)7-11-9-17-15-8-12(16-2)4-6-14(11)15/h3-6,8-9H,7H2,1-2H3. The van der Waals surface area contributed by atoms with Crippen LogP contribution in [0, 0.1) is 6.92 Å². The van der Waals surface area contributed by atoms with Crippen LogP contribution in [0.25, 0.3) is 11.0 Å². The van der Waals surface area contributed by atoms with Crippen molar-refractivity contribution in [1.29, 1.82) is 0 Å². The van der Waals surface area contributed by atoms with E-state index in [2.05, 4.69) is 25.1 Å². The molecule has 0 unspecified atom stereocenters. The lowest BCUT2D eigenvalue weighted by Gasteiger charge is -1.99. The van der Waals surface area contributed by atoms with E-state index in [-0.39, 0.29) is 0 Å². The van der Waals surface area contributed by atoms with Crippen molar-refractivity contribution in [3.63, 3.8) is 0 Å². The van der Waals surface area contributed by atoms with E-state index in [1.54, 1.807) is 7.11 Å². The minimum Gasteiger partial charge on any atom is -0.497 e. The van der Waals surface area contributed by atoms with Crippen molar-refractivity contribution in [2.75, 3.05) is 7.11 Å². The molecule has 0 radical (unpaired) electrons. The van der Waals surface area contributed by atoms with Crippen LogP contribution in [0.3, 0.4) is 0 Å². The van der Waals surface area contributed by atoms with Crippen molar-refractivity contribution in [2.24, 2.45) is 0 Å². The third-order valence-electron chi connectivity index (χ3n) is 3.02. The van der Waals surface area contributed by atoms with Gasteiger partial charge in [-0.3, -0.25) is 0 Å². The van der Waals surface area contributed by atoms with Gasteiger partial charge in [0, 0.05) is 33.2 Å². The van der Waals surface area contributed by atoms with Crippen LogP contribution in [0.5, 0.6) is 5.75 Å². The normalized spacial score (nSPS) is 11.0. The molecule has 92 valence electrons. The van der Waals surface area contributed by atoms with E-state index < -0.39 is 0 Å². The molecule has 3 aromatic rings. The van der Waals surface area contributed by atoms with Gasteiger partial charge in [0.15, 0.2) is 0 Å². The van der Waals surface area contributed by atoms with Crippen LogP contribution in [-0.2, 0) is 6.42 Å². The first-order valence-corrected chi connectivity index (χ1v) is 6.67. The van der Waals surface area contributed by atoms with E-state index in [0.717, 1.165) is 17.8 Å². The highest BCUT2D eigenvalue weighted by Gasteiger charge is 2.08. The summed E-state index contributed by atoms with van der Waals surface area (Å²) in [6.07, 6.45) is 2.77. The number of fused-ring (bicyclic) bond motifs is 1. The van der Waals surface area contributed by atoms with Crippen molar-refractivity contribution in [2.45, 2.75) is 13.3 Å². The highest BCUT2D eigenvalue weighted by atomic mass is 32.1. The van der Waals surface area contributed by atoms with Crippen molar-refractivity contribution in [1.82, 2.24) is 0 Å². The highest BCUT2D eigenvalue weighted by Crippen LogP contribution is 2.28. The molecule has 0 amide bonds. The molecular formula is C15H14O2S. The van der Waals surface area contributed by atoms with Crippen LogP contribution < -0.4 is 4.74 Å². The van der Waals surface area contributed by atoms with E-state index in [0.29, 0.717) is 0 Å². The van der Waals surface area contributed by atoms with Gasteiger partial charge in [-0.15, -0.1) is 11.3 Å². The predicted molar refractivity (Wildman–Crippen MR) is 74.6 cm³/mol. The van der Waals surface area contributed by atoms with Gasteiger partial charge in [-0.05, 0) is 31.2 Å². The van der Waals surface area contributed by atoms with Crippen molar-refractivity contribution >= 4 is 22.3 Å². The second-order valence-corrected chi connectivity index (χ2v) is 5.68. The minimum atomic E-state index is 0.829. The molecule has 0 bridgehead atoms. The van der Waals surface area contributed by atoms with Crippen LogP contribution in [0.1, 0.15) is 15.3 Å². The molecule has 0 fully saturated rings. The topological polar surface area (TPSA) is 22.4 Å². The molecule has 0 saturated carbocycles. The maximum absolute atomic E-state index is 5.60. The smallest absolute Gasteiger partial charge is 0.137 e. The van der Waals surface area contributed by atoms with Gasteiger partial charge in [-0.25, -0.2) is 0 Å². The number of thiophene rings is 1. The van der Waals surface area contributed by atoms with Gasteiger partial charge in [0.2, 0.25) is 0 Å². The lowest BCUT2D eigenvalue weighted by Crippen LogP contribution is -1.83. The van der Waals surface area contributed by atoms with Gasteiger partial charge < -0.3 is 9.15 Å². The Morgan fingerprint density at radius 3 is 2.83 bits per heavy atom. The van der Waals surface area contributed by atoms with Gasteiger partial charge in [0.1, 0.15) is 11.3 Å². The molecule has 0 saturated heterocycles. The van der Waals surface area contributed by atoms with Crippen molar-refractivity contribution in [3.8, 4) is 5.75 Å². The Labute approximate surface area is 110 Å². The Bertz CT molecular complexity index is 679. The summed E-state index contributed by atoms with van der Waals surface area (Å²) in [5.74, 6) is 0.829. The predicted octanol–water partition coefficient (Wildman–Crippen LogP) is 4.40. The summed E-state index contributed by atoms with van der Waals surface area (Å²) in [4.78, 5) is 2.71. The number of benzene rings is 1. The molecule has 3 heteroatoms. The Morgan fingerprint density at radius 1 is 1.22 bits per heavy atom. The molecule has 2 aromatic heterocycles. The lowest BCUT2D eigenvalue weighted by molar-refractivity contribution is 0.414. The first kappa shape index (κ1) is 11.4. The molecule has 0 atom stereocenters. The van der Waals surface area contributed by atoms with Crippen LogP contribution in [0.4, 0.5) is 0 Å². The first-order valence-electron chi connectivity index (χ1n) is 5.85. The first-order chi connectivity index (χ1) is 8.76. The Kier molecular flexibility index (Phi) is 2.84. The molecule has 0 aliphatic rings. The zero-order chi connectivity index (χ0) is 12.5. The highest BCUT2D eigenvalue weighted by molar-refractivity contribution is 7.11. The number of hydrogen-bond donors (Lipinski definition) is 0. The fourth-order valence-corrected chi connectivity index (χ4v) is 3.01. The second-order valence-electron chi connectivity index (χ2n) is 4.31. The summed E-state index contributed by atoms with van der Waals surface area (Å²) in [6, 6.07) is 10.3. The van der Waals surface area contributed by atoms with Gasteiger partial charge in [0.05, 0.1) is 13.4 Å². The maximum Gasteiger partial charge on any atom is 0.137 e. The third kappa shape index (κ3) is 2.02. The van der Waals surface area contributed by atoms with E-state index in [4.69, 9.17) is 9.15 Å². The second kappa shape index (κ2) is 4.50. The number of ether oxygens (including phenoxy) is 1. The molecule has 2 heterocycles. The van der Waals surface area contributed by atoms with Crippen LogP contribution in [0.15, 0.2) is 41.0 Å². The number of methoxy groups -OCH3 is 1. The molecule has 0 aliphatic carbocycles. The zero-order valence-electron chi connectivity index (χ0n) is 10.4. The van der Waals surface area contributed by atoms with E-state index in [9.17, 15) is 0 Å². The van der Waals surface area contributed by atoms with Crippen LogP contribution in [-0.4, -0.2) is 7.11 Å². The summed E-state index contributed by atoms with van der Waals surface area (Å²) < 4.78 is 10.8. The summed E-state index contributed by atoms with van der Waals surface area (Å²) >= 11 is 1.84. The molecular weight excluding hydrogens is 244 g/mol. The average molecular weight is 258 g/mol. The van der Waals surface area contributed by atoms with Gasteiger partial charge in [-0.2, -0.15) is 0 Å². The molecule has 0 aliphatic heterocycles. The van der Waals surface area contributed by atoms with Crippen LogP contribution >= 0.6 is 11.3 Å². The molecule has 18 heavy (non-hydrogen) atoms. The zero-order valence-corrected chi connectivity index (χ0v) is 11.2. The van der Waals surface area contributed by atoms with E-state index in [1.807, 2.05) is 29.7 Å². The lowest BCUT2D eigenvalue weighted by atomic mass is 10.1. The Morgan fingerprint density at radius 2 is 2.11 bits per heavy atom. The third-order valence-corrected chi connectivity index (χ3v) is 4.02. The number of rotatable bonds is 3. The molecule has 2 nitrogen and oxygen atoms in total. The number of hydrogen-bond acceptors (Lipinski definition) is 3. The molecule has 3 rings (SSSR count). The summed E-state index contributed by atoms with van der Waals surface area (Å²) in [7, 11) is 1.67. The number of aryl methyl sites for hydroxylation is 1. The van der Waals surface area contributed by atoms with E-state index >= 15 is 0 Å². The largest absolute Gasteiger partial charge is 0.497 e. The van der Waals surface area contributed by atoms with Gasteiger partial charge in [-0.1, -0.05) is 0 Å². The Balaban J connectivity index is 1.97. The number of furan rings is 1. The molecule has 0 N–H and O–H groups in total. The maximum atomic E-state index is 5.60. The summed E-state index contributed by atoms with van der Waals surface area (Å²) in [6.45, 7) is 2.13. The van der Waals surface area contributed by atoms with Gasteiger partial charge in [0.25, 0.3) is 0 Å². The fraction of sp³-hybridized carbons (Fsp3) is 0.200. The van der Waals surface area contributed by atoms with Crippen molar-refractivity contribution < 1.29 is 9.15 Å². The molecule has 0 spiro atoms. The van der Waals surface area contributed by atoms with Crippen molar-refractivity contribution in [3.05, 3.63) is 51.9 Å². The monoisotopic (exact) mass is 258 g/mol. The summed E-state index contributed by atoms with van der Waals surface area (Å²) in [5, 5.41) is 1.17. The SMILES string of the molecule is COc1ccc2c(Cc3ccc(C)s3)coc2c1. The molecule has 1 aromatic carbocycles. The minimum absolute atomic E-state index is 0.829. The fourth-order valence-electron chi connectivity index (χ4n) is 2.10. The Hall–Kier alpha value is -1.74. The summed E-state index contributed by atoms with van der Waals surface area (Å²) in [5.41, 5.74) is 2.12. The average Bonchev–Trinajstić information content (AvgIpc) is 2.96.